The maximum absolute atomic E-state index is 4.24. The zero-order valence-electron chi connectivity index (χ0n) is 7.11. The highest BCUT2D eigenvalue weighted by molar-refractivity contribution is 5.85. The zero-order valence-corrected chi connectivity index (χ0v) is 7.93. The summed E-state index contributed by atoms with van der Waals surface area (Å²) in [5, 5.41) is 0. The summed E-state index contributed by atoms with van der Waals surface area (Å²) < 4.78 is 2.14. The summed E-state index contributed by atoms with van der Waals surface area (Å²) in [7, 11) is 2.05. The molecule has 0 aliphatic heterocycles. The van der Waals surface area contributed by atoms with E-state index < -0.39 is 0 Å². The largest absolute Gasteiger partial charge is 0.347 e. The summed E-state index contributed by atoms with van der Waals surface area (Å²) >= 11 is 0. The number of rotatable bonds is 0. The molecule has 0 saturated heterocycles. The normalized spacial score (nSPS) is 9.83. The highest BCUT2D eigenvalue weighted by Gasteiger charge is 1.99. The van der Waals surface area contributed by atoms with Gasteiger partial charge in [0.1, 0.15) is 0 Å². The average Bonchev–Trinajstić information content (AvgIpc) is 2.30. The van der Waals surface area contributed by atoms with Crippen LogP contribution >= 0.6 is 12.4 Å². The number of halogens is 1. The number of hydrogen-bond acceptors (Lipinski definition) is 1. The first-order valence-electron chi connectivity index (χ1n) is 3.66. The molecule has 0 fully saturated rings. The molecule has 2 aromatic rings. The number of aryl methyl sites for hydroxylation is 2. The smallest absolute Gasteiger partial charge is 0.0883 e. The molecular weight excluding hydrogens is 172 g/mol. The van der Waals surface area contributed by atoms with E-state index in [0.29, 0.717) is 0 Å². The quantitative estimate of drug-likeness (QED) is 0.612. The molecule has 0 N–H and O–H groups in total. The molecule has 2 heterocycles. The molecular formula is C9H11ClN2. The Labute approximate surface area is 77.6 Å². The fraction of sp³-hybridized carbons (Fsp3) is 0.222. The highest BCUT2D eigenvalue weighted by atomic mass is 35.5. The molecule has 0 bridgehead atoms. The predicted octanol–water partition coefficient (Wildman–Crippen LogP) is 2.30. The predicted molar refractivity (Wildman–Crippen MR) is 52.7 cm³/mol. The van der Waals surface area contributed by atoms with Crippen LogP contribution in [-0.2, 0) is 7.05 Å². The van der Waals surface area contributed by atoms with Gasteiger partial charge in [0.15, 0.2) is 0 Å². The molecule has 0 aliphatic rings. The van der Waals surface area contributed by atoms with E-state index in [9.17, 15) is 0 Å². The molecule has 0 aromatic carbocycles. The average molecular weight is 183 g/mol. The first-order chi connectivity index (χ1) is 5.29. The summed E-state index contributed by atoms with van der Waals surface area (Å²) in [5.41, 5.74) is 3.52. The first-order valence-corrected chi connectivity index (χ1v) is 3.66. The van der Waals surface area contributed by atoms with Crippen LogP contribution in [0.4, 0.5) is 0 Å². The van der Waals surface area contributed by atoms with Gasteiger partial charge in [-0.3, -0.25) is 4.98 Å². The molecule has 0 atom stereocenters. The molecule has 3 heteroatoms. The Kier molecular flexibility index (Phi) is 2.38. The number of hydrogen-bond donors (Lipinski definition) is 0. The SMILES string of the molecule is Cc1cc2ncccc2n1C.Cl. The van der Waals surface area contributed by atoms with Gasteiger partial charge in [0.25, 0.3) is 0 Å². The van der Waals surface area contributed by atoms with Crippen molar-refractivity contribution in [1.82, 2.24) is 9.55 Å². The van der Waals surface area contributed by atoms with Gasteiger partial charge in [-0.05, 0) is 25.1 Å². The van der Waals surface area contributed by atoms with Crippen LogP contribution in [0.25, 0.3) is 11.0 Å². The maximum atomic E-state index is 4.24. The van der Waals surface area contributed by atoms with Crippen LogP contribution in [-0.4, -0.2) is 9.55 Å². The number of fused-ring (bicyclic) bond motifs is 1. The van der Waals surface area contributed by atoms with Crippen molar-refractivity contribution in [2.45, 2.75) is 6.92 Å². The third kappa shape index (κ3) is 1.18. The molecule has 0 radical (unpaired) electrons. The van der Waals surface area contributed by atoms with Crippen molar-refractivity contribution >= 4 is 23.4 Å². The highest BCUT2D eigenvalue weighted by Crippen LogP contribution is 2.14. The summed E-state index contributed by atoms with van der Waals surface area (Å²) in [5.74, 6) is 0. The summed E-state index contributed by atoms with van der Waals surface area (Å²) in [4.78, 5) is 4.24. The number of nitrogens with zero attached hydrogens (tertiary/aromatic N) is 2. The van der Waals surface area contributed by atoms with E-state index in [-0.39, 0.29) is 12.4 Å². The second kappa shape index (κ2) is 3.15. The molecule has 2 rings (SSSR count). The van der Waals surface area contributed by atoms with Crippen LogP contribution in [0.15, 0.2) is 24.4 Å². The van der Waals surface area contributed by atoms with Gasteiger partial charge in [-0.1, -0.05) is 0 Å². The van der Waals surface area contributed by atoms with Gasteiger partial charge in [0, 0.05) is 18.9 Å². The number of aromatic nitrogens is 2. The Morgan fingerprint density at radius 2 is 2.17 bits per heavy atom. The second-order valence-corrected chi connectivity index (χ2v) is 2.75. The molecule has 0 unspecified atom stereocenters. The van der Waals surface area contributed by atoms with Gasteiger partial charge in [0.05, 0.1) is 11.0 Å². The molecule has 0 aliphatic carbocycles. The Balaban J connectivity index is 0.000000720. The second-order valence-electron chi connectivity index (χ2n) is 2.75. The fourth-order valence-corrected chi connectivity index (χ4v) is 1.29. The molecule has 0 amide bonds. The van der Waals surface area contributed by atoms with E-state index in [1.54, 1.807) is 0 Å². The van der Waals surface area contributed by atoms with Crippen LogP contribution < -0.4 is 0 Å². The minimum Gasteiger partial charge on any atom is -0.347 e. The standard InChI is InChI=1S/C9H10N2.ClH/c1-7-6-8-9(11(7)2)4-3-5-10-8;/h3-6H,1-2H3;1H. The van der Waals surface area contributed by atoms with Gasteiger partial charge < -0.3 is 4.57 Å². The Hall–Kier alpha value is -1.02. The van der Waals surface area contributed by atoms with E-state index in [1.807, 2.05) is 12.3 Å². The van der Waals surface area contributed by atoms with E-state index in [2.05, 4.69) is 35.7 Å². The Morgan fingerprint density at radius 3 is 2.83 bits per heavy atom. The van der Waals surface area contributed by atoms with Gasteiger partial charge in [0.2, 0.25) is 0 Å². The number of pyridine rings is 1. The topological polar surface area (TPSA) is 17.8 Å². The third-order valence-electron chi connectivity index (χ3n) is 2.05. The van der Waals surface area contributed by atoms with Crippen LogP contribution in [0, 0.1) is 6.92 Å². The molecule has 0 spiro atoms. The van der Waals surface area contributed by atoms with Crippen LogP contribution in [0.2, 0.25) is 0 Å². The van der Waals surface area contributed by atoms with Crippen LogP contribution in [0.3, 0.4) is 0 Å². The Bertz CT molecular complexity index is 392. The van der Waals surface area contributed by atoms with E-state index in [1.165, 1.54) is 11.2 Å². The maximum Gasteiger partial charge on any atom is 0.0883 e. The Morgan fingerprint density at radius 1 is 1.42 bits per heavy atom. The lowest BCUT2D eigenvalue weighted by molar-refractivity contribution is 0.918. The van der Waals surface area contributed by atoms with Crippen molar-refractivity contribution in [2.75, 3.05) is 0 Å². The van der Waals surface area contributed by atoms with Gasteiger partial charge in [-0.25, -0.2) is 0 Å². The lowest BCUT2D eigenvalue weighted by atomic mass is 10.4. The zero-order chi connectivity index (χ0) is 7.84. The minimum atomic E-state index is 0. The van der Waals surface area contributed by atoms with E-state index in [4.69, 9.17) is 0 Å². The monoisotopic (exact) mass is 182 g/mol. The molecule has 0 saturated carbocycles. The molecule has 64 valence electrons. The van der Waals surface area contributed by atoms with Crippen molar-refractivity contribution in [3.05, 3.63) is 30.1 Å². The minimum absolute atomic E-state index is 0. The summed E-state index contributed by atoms with van der Waals surface area (Å²) in [6, 6.07) is 6.13. The summed E-state index contributed by atoms with van der Waals surface area (Å²) in [6.45, 7) is 2.08. The van der Waals surface area contributed by atoms with Crippen molar-refractivity contribution in [1.29, 1.82) is 0 Å². The lowest BCUT2D eigenvalue weighted by Gasteiger charge is -1.95. The van der Waals surface area contributed by atoms with E-state index in [0.717, 1.165) is 5.52 Å². The van der Waals surface area contributed by atoms with Crippen molar-refractivity contribution < 1.29 is 0 Å². The van der Waals surface area contributed by atoms with Crippen molar-refractivity contribution in [2.24, 2.45) is 7.05 Å². The molecule has 12 heavy (non-hydrogen) atoms. The van der Waals surface area contributed by atoms with Gasteiger partial charge in [-0.15, -0.1) is 12.4 Å². The van der Waals surface area contributed by atoms with Crippen LogP contribution in [0.1, 0.15) is 5.69 Å². The molecule has 2 nitrogen and oxygen atoms in total. The van der Waals surface area contributed by atoms with Gasteiger partial charge in [-0.2, -0.15) is 0 Å². The lowest BCUT2D eigenvalue weighted by Crippen LogP contribution is -1.88. The van der Waals surface area contributed by atoms with Gasteiger partial charge >= 0.3 is 0 Å². The fourth-order valence-electron chi connectivity index (χ4n) is 1.29. The third-order valence-corrected chi connectivity index (χ3v) is 2.05. The summed E-state index contributed by atoms with van der Waals surface area (Å²) in [6.07, 6.45) is 1.82. The molecule has 2 aromatic heterocycles. The first kappa shape index (κ1) is 9.07. The van der Waals surface area contributed by atoms with E-state index >= 15 is 0 Å². The van der Waals surface area contributed by atoms with Crippen molar-refractivity contribution in [3.63, 3.8) is 0 Å². The van der Waals surface area contributed by atoms with Crippen LogP contribution in [0.5, 0.6) is 0 Å². The van der Waals surface area contributed by atoms with Crippen molar-refractivity contribution in [3.8, 4) is 0 Å².